The number of hydrogen-bond donors (Lipinski definition) is 2. The van der Waals surface area contributed by atoms with Crippen LogP contribution in [0.3, 0.4) is 0 Å². The minimum atomic E-state index is -0.637. The number of carbonyl (C=O) groups is 1. The normalized spacial score (nSPS) is 36.3. The van der Waals surface area contributed by atoms with Crippen molar-refractivity contribution in [2.24, 2.45) is 5.92 Å². The van der Waals surface area contributed by atoms with Gasteiger partial charge in [-0.25, -0.2) is 0 Å². The first-order valence-corrected chi connectivity index (χ1v) is 4.62. The number of piperidine rings is 1. The molecule has 0 bridgehead atoms. The monoisotopic (exact) mass is 171 g/mol. The molecule has 3 unspecified atom stereocenters. The zero-order valence-electron chi connectivity index (χ0n) is 7.71. The van der Waals surface area contributed by atoms with Gasteiger partial charge in [-0.15, -0.1) is 0 Å². The Kier molecular flexibility index (Phi) is 3.09. The molecule has 1 heterocycles. The topological polar surface area (TPSA) is 49.3 Å². The van der Waals surface area contributed by atoms with Crippen molar-refractivity contribution in [3.63, 3.8) is 0 Å². The number of carboxylic acid groups (broad SMARTS) is 1. The summed E-state index contributed by atoms with van der Waals surface area (Å²) in [5, 5.41) is 12.2. The fraction of sp³-hybridized carbons (Fsp3) is 0.889. The van der Waals surface area contributed by atoms with Gasteiger partial charge in [0.25, 0.3) is 0 Å². The lowest BCUT2D eigenvalue weighted by molar-refractivity contribution is -0.143. The van der Waals surface area contributed by atoms with Crippen LogP contribution in [0.25, 0.3) is 0 Å². The second kappa shape index (κ2) is 3.90. The maximum atomic E-state index is 10.7. The zero-order chi connectivity index (χ0) is 9.14. The van der Waals surface area contributed by atoms with Gasteiger partial charge in [0, 0.05) is 12.1 Å². The van der Waals surface area contributed by atoms with E-state index in [1.165, 1.54) is 0 Å². The summed E-state index contributed by atoms with van der Waals surface area (Å²) in [6, 6.07) is 0.750. The van der Waals surface area contributed by atoms with Crippen LogP contribution in [0, 0.1) is 5.92 Å². The van der Waals surface area contributed by atoms with Gasteiger partial charge in [-0.1, -0.05) is 6.92 Å². The van der Waals surface area contributed by atoms with Crippen LogP contribution in [0.1, 0.15) is 33.1 Å². The Balaban J connectivity index is 2.51. The molecule has 0 radical (unpaired) electrons. The predicted octanol–water partition coefficient (Wildman–Crippen LogP) is 1.24. The molecule has 0 saturated carbocycles. The van der Waals surface area contributed by atoms with Gasteiger partial charge >= 0.3 is 5.97 Å². The minimum Gasteiger partial charge on any atom is -0.481 e. The summed E-state index contributed by atoms with van der Waals surface area (Å²) < 4.78 is 0. The van der Waals surface area contributed by atoms with Crippen LogP contribution in [-0.2, 0) is 4.79 Å². The lowest BCUT2D eigenvalue weighted by atomic mass is 9.87. The lowest BCUT2D eigenvalue weighted by Crippen LogP contribution is -2.45. The lowest BCUT2D eigenvalue weighted by Gasteiger charge is -2.32. The Morgan fingerprint density at radius 3 is 2.75 bits per heavy atom. The van der Waals surface area contributed by atoms with Crippen molar-refractivity contribution in [2.75, 3.05) is 0 Å². The van der Waals surface area contributed by atoms with E-state index in [0.717, 1.165) is 19.3 Å². The van der Waals surface area contributed by atoms with Crippen LogP contribution in [0.15, 0.2) is 0 Å². The van der Waals surface area contributed by atoms with E-state index < -0.39 is 5.97 Å². The Bertz CT molecular complexity index is 170. The van der Waals surface area contributed by atoms with Crippen LogP contribution in [0.2, 0.25) is 0 Å². The Morgan fingerprint density at radius 2 is 2.25 bits per heavy atom. The SMILES string of the molecule is CCC1CC(C(=O)O)CC(C)N1. The Morgan fingerprint density at radius 1 is 1.58 bits per heavy atom. The average Bonchev–Trinajstić information content (AvgIpc) is 2.03. The van der Waals surface area contributed by atoms with Crippen molar-refractivity contribution in [1.82, 2.24) is 5.32 Å². The third-order valence-corrected chi connectivity index (χ3v) is 2.57. The molecule has 2 N–H and O–H groups in total. The summed E-state index contributed by atoms with van der Waals surface area (Å²) in [5.74, 6) is -0.770. The molecule has 1 fully saturated rings. The maximum absolute atomic E-state index is 10.7. The highest BCUT2D eigenvalue weighted by Crippen LogP contribution is 2.21. The molecule has 12 heavy (non-hydrogen) atoms. The van der Waals surface area contributed by atoms with Gasteiger partial charge in [-0.3, -0.25) is 4.79 Å². The number of rotatable bonds is 2. The van der Waals surface area contributed by atoms with Gasteiger partial charge in [0.1, 0.15) is 0 Å². The molecule has 0 aromatic rings. The van der Waals surface area contributed by atoms with E-state index in [2.05, 4.69) is 19.2 Å². The number of nitrogens with one attached hydrogen (secondary N) is 1. The molecule has 1 saturated heterocycles. The first-order chi connectivity index (χ1) is 5.63. The fourth-order valence-electron chi connectivity index (χ4n) is 1.89. The standard InChI is InChI=1S/C9H17NO2/c1-3-8-5-7(9(11)12)4-6(2)10-8/h6-8,10H,3-5H2,1-2H3,(H,11,12). The Labute approximate surface area is 73.2 Å². The molecular weight excluding hydrogens is 154 g/mol. The number of hydrogen-bond acceptors (Lipinski definition) is 2. The highest BCUT2D eigenvalue weighted by atomic mass is 16.4. The van der Waals surface area contributed by atoms with E-state index in [4.69, 9.17) is 5.11 Å². The fourth-order valence-corrected chi connectivity index (χ4v) is 1.89. The molecule has 0 amide bonds. The van der Waals surface area contributed by atoms with Gasteiger partial charge < -0.3 is 10.4 Å². The van der Waals surface area contributed by atoms with Crippen LogP contribution in [0.5, 0.6) is 0 Å². The van der Waals surface area contributed by atoms with Crippen molar-refractivity contribution in [2.45, 2.75) is 45.2 Å². The van der Waals surface area contributed by atoms with Gasteiger partial charge in [0.15, 0.2) is 0 Å². The average molecular weight is 171 g/mol. The molecule has 1 aliphatic rings. The quantitative estimate of drug-likeness (QED) is 0.657. The molecule has 1 aliphatic heterocycles. The predicted molar refractivity (Wildman–Crippen MR) is 47.0 cm³/mol. The van der Waals surface area contributed by atoms with Gasteiger partial charge in [0.2, 0.25) is 0 Å². The molecular formula is C9H17NO2. The van der Waals surface area contributed by atoms with Crippen LogP contribution in [0.4, 0.5) is 0 Å². The summed E-state index contributed by atoms with van der Waals surface area (Å²) in [6.45, 7) is 4.15. The van der Waals surface area contributed by atoms with Crippen LogP contribution < -0.4 is 5.32 Å². The van der Waals surface area contributed by atoms with Gasteiger partial charge in [-0.05, 0) is 26.2 Å². The van der Waals surface area contributed by atoms with Crippen molar-refractivity contribution in [1.29, 1.82) is 0 Å². The van der Waals surface area contributed by atoms with Crippen molar-refractivity contribution in [3.8, 4) is 0 Å². The van der Waals surface area contributed by atoms with Crippen molar-refractivity contribution in [3.05, 3.63) is 0 Å². The van der Waals surface area contributed by atoms with Crippen molar-refractivity contribution >= 4 is 5.97 Å². The van der Waals surface area contributed by atoms with E-state index in [9.17, 15) is 4.79 Å². The van der Waals surface area contributed by atoms with Crippen molar-refractivity contribution < 1.29 is 9.90 Å². The van der Waals surface area contributed by atoms with Crippen LogP contribution >= 0.6 is 0 Å². The molecule has 0 aliphatic carbocycles. The highest BCUT2D eigenvalue weighted by Gasteiger charge is 2.29. The number of aliphatic carboxylic acids is 1. The Hall–Kier alpha value is -0.570. The summed E-state index contributed by atoms with van der Waals surface area (Å²) in [7, 11) is 0. The van der Waals surface area contributed by atoms with Gasteiger partial charge in [-0.2, -0.15) is 0 Å². The second-order valence-corrected chi connectivity index (χ2v) is 3.68. The minimum absolute atomic E-state index is 0.133. The molecule has 70 valence electrons. The largest absolute Gasteiger partial charge is 0.481 e. The first kappa shape index (κ1) is 9.52. The van der Waals surface area contributed by atoms with E-state index in [0.29, 0.717) is 12.1 Å². The van der Waals surface area contributed by atoms with E-state index in [-0.39, 0.29) is 5.92 Å². The zero-order valence-corrected chi connectivity index (χ0v) is 7.71. The van der Waals surface area contributed by atoms with E-state index in [1.54, 1.807) is 0 Å². The van der Waals surface area contributed by atoms with Crippen LogP contribution in [-0.4, -0.2) is 23.2 Å². The van der Waals surface area contributed by atoms with E-state index in [1.807, 2.05) is 0 Å². The molecule has 1 rings (SSSR count). The smallest absolute Gasteiger partial charge is 0.306 e. The van der Waals surface area contributed by atoms with E-state index >= 15 is 0 Å². The van der Waals surface area contributed by atoms with Gasteiger partial charge in [0.05, 0.1) is 5.92 Å². The molecule has 3 atom stereocenters. The molecule has 3 nitrogen and oxygen atoms in total. The summed E-state index contributed by atoms with van der Waals surface area (Å²) in [6.07, 6.45) is 2.58. The first-order valence-electron chi connectivity index (χ1n) is 4.62. The maximum Gasteiger partial charge on any atom is 0.306 e. The molecule has 3 heteroatoms. The summed E-state index contributed by atoms with van der Waals surface area (Å²) in [4.78, 5) is 10.7. The molecule has 0 spiro atoms. The molecule has 0 aromatic carbocycles. The third kappa shape index (κ3) is 2.21. The summed E-state index contributed by atoms with van der Waals surface area (Å²) >= 11 is 0. The second-order valence-electron chi connectivity index (χ2n) is 3.68. The molecule has 0 aromatic heterocycles. The highest BCUT2D eigenvalue weighted by molar-refractivity contribution is 5.70. The number of carboxylic acids is 1. The summed E-state index contributed by atoms with van der Waals surface area (Å²) in [5.41, 5.74) is 0. The third-order valence-electron chi connectivity index (χ3n) is 2.57.